The van der Waals surface area contributed by atoms with Gasteiger partial charge in [-0.25, -0.2) is 4.79 Å². The molecule has 2 heterocycles. The van der Waals surface area contributed by atoms with E-state index in [0.29, 0.717) is 4.70 Å². The SMILES string of the molecule is C=CC(=C(C)C)P(=O)(c1ccccc1C)c1ccccc1C.Cc1ccccc1P(=O)(c1ccccc1C)c1ccccc1C.O=C(c1c(O)c2ccc3c4ccccc4sc3c2oc1=O)C(F)(F)F.[Eu]. The van der Waals surface area contributed by atoms with Gasteiger partial charge in [0.1, 0.15) is 5.75 Å². The molecule has 0 fully saturated rings. The molecule has 6 nitrogen and oxygen atoms in total. The molecule has 0 saturated carbocycles. The van der Waals surface area contributed by atoms with Crippen molar-refractivity contribution in [3.05, 3.63) is 225 Å². The van der Waals surface area contributed by atoms with E-state index in [1.165, 1.54) is 17.4 Å². The molecule has 0 unspecified atom stereocenters. The van der Waals surface area contributed by atoms with Crippen LogP contribution >= 0.6 is 25.6 Å². The molecule has 71 heavy (non-hydrogen) atoms. The molecule has 2 aromatic heterocycles. The van der Waals surface area contributed by atoms with Crippen LogP contribution in [0.4, 0.5) is 13.2 Å². The van der Waals surface area contributed by atoms with E-state index >= 15 is 0 Å². The zero-order chi connectivity index (χ0) is 50.7. The molecule has 13 heteroatoms. The van der Waals surface area contributed by atoms with Gasteiger partial charge in [0.25, 0.3) is 5.78 Å². The van der Waals surface area contributed by atoms with E-state index in [9.17, 15) is 37.0 Å². The molecule has 0 spiro atoms. The number of carbonyl (C=O) groups excluding carboxylic acids is 1. The van der Waals surface area contributed by atoms with E-state index in [1.807, 2.05) is 194 Å². The second-order valence-electron chi connectivity index (χ2n) is 17.1. The summed E-state index contributed by atoms with van der Waals surface area (Å²) in [7, 11) is -5.79. The Bertz CT molecular complexity index is 3510. The summed E-state index contributed by atoms with van der Waals surface area (Å²) in [5, 5.41) is 17.1. The largest absolute Gasteiger partial charge is 0.506 e. The van der Waals surface area contributed by atoms with Crippen molar-refractivity contribution in [2.24, 2.45) is 0 Å². The Kier molecular flexibility index (Phi) is 17.6. The predicted molar refractivity (Wildman–Crippen MR) is 285 cm³/mol. The van der Waals surface area contributed by atoms with Crippen LogP contribution in [0, 0.1) is 84.0 Å². The summed E-state index contributed by atoms with van der Waals surface area (Å²) in [5.41, 5.74) is 3.40. The summed E-state index contributed by atoms with van der Waals surface area (Å²) in [5.74, 6) is -3.45. The number of aryl methyl sites for hydroxylation is 5. The molecule has 0 atom stereocenters. The number of fused-ring (bicyclic) bond motifs is 5. The van der Waals surface area contributed by atoms with E-state index in [1.54, 1.807) is 12.1 Å². The molecule has 0 amide bonds. The number of halogens is 3. The smallest absolute Gasteiger partial charge is 0.455 e. The van der Waals surface area contributed by atoms with Gasteiger partial charge in [-0.15, -0.1) is 11.3 Å². The number of hydrogen-bond donors (Lipinski definition) is 1. The maximum absolute atomic E-state index is 14.5. The summed E-state index contributed by atoms with van der Waals surface area (Å²) >= 11 is 1.28. The van der Waals surface area contributed by atoms with Crippen molar-refractivity contribution < 1.29 is 86.0 Å². The third-order valence-corrected chi connectivity index (χ3v) is 20.6. The second-order valence-corrected chi connectivity index (χ2v) is 23.5. The summed E-state index contributed by atoms with van der Waals surface area (Å²) in [6.45, 7) is 18.1. The van der Waals surface area contributed by atoms with Gasteiger partial charge in [-0.3, -0.25) is 4.79 Å². The fourth-order valence-electron chi connectivity index (χ4n) is 8.78. The van der Waals surface area contributed by atoms with Gasteiger partial charge in [0.05, 0.1) is 10.1 Å². The number of aromatic hydroxyl groups is 1. The first-order valence-corrected chi connectivity index (χ1v) is 26.5. The molecule has 7 aromatic carbocycles. The third-order valence-electron chi connectivity index (χ3n) is 12.2. The quantitative estimate of drug-likeness (QED) is 0.0704. The Hall–Kier alpha value is -5.25. The minimum Gasteiger partial charge on any atom is -0.506 e. The maximum atomic E-state index is 14.5. The van der Waals surface area contributed by atoms with Gasteiger partial charge in [0, 0.05) is 96.7 Å². The molecule has 1 radical (unpaired) electrons. The number of hydrogen-bond acceptors (Lipinski definition) is 7. The van der Waals surface area contributed by atoms with Crippen molar-refractivity contribution in [3.63, 3.8) is 0 Å². The van der Waals surface area contributed by atoms with Crippen LogP contribution < -0.4 is 32.1 Å². The van der Waals surface area contributed by atoms with E-state index in [2.05, 4.69) is 6.58 Å². The minimum absolute atomic E-state index is 0. The molecule has 0 aliphatic carbocycles. The van der Waals surface area contributed by atoms with Gasteiger partial charge >= 0.3 is 11.8 Å². The average molecular weight is 1150 g/mol. The monoisotopic (exact) mass is 1150 g/mol. The predicted octanol–water partition coefficient (Wildman–Crippen LogP) is 14.0. The normalized spacial score (nSPS) is 11.5. The van der Waals surface area contributed by atoms with Crippen LogP contribution in [0.15, 0.2) is 190 Å². The van der Waals surface area contributed by atoms with Crippen LogP contribution in [-0.4, -0.2) is 17.1 Å². The Morgan fingerprint density at radius 2 is 0.972 bits per heavy atom. The van der Waals surface area contributed by atoms with Gasteiger partial charge in [-0.2, -0.15) is 13.2 Å². The first kappa shape index (κ1) is 55.1. The van der Waals surface area contributed by atoms with Crippen molar-refractivity contribution in [3.8, 4) is 5.75 Å². The molecule has 1 N–H and O–H groups in total. The summed E-state index contributed by atoms with van der Waals surface area (Å²) in [4.78, 5) is 23.4. The van der Waals surface area contributed by atoms with E-state index in [4.69, 9.17) is 4.42 Å². The van der Waals surface area contributed by atoms with Crippen molar-refractivity contribution in [2.75, 3.05) is 0 Å². The van der Waals surface area contributed by atoms with Crippen molar-refractivity contribution in [2.45, 2.75) is 54.6 Å². The molecule has 0 saturated heterocycles. The van der Waals surface area contributed by atoms with Gasteiger partial charge in [-0.05, 0) is 88.4 Å². The number of alkyl halides is 3. The Balaban J connectivity index is 0.000000174. The zero-order valence-electron chi connectivity index (χ0n) is 40.1. The van der Waals surface area contributed by atoms with Gasteiger partial charge in [-0.1, -0.05) is 164 Å². The fourth-order valence-corrected chi connectivity index (χ4v) is 16.7. The van der Waals surface area contributed by atoms with Crippen LogP contribution in [0.3, 0.4) is 0 Å². The number of benzene rings is 7. The molecule has 363 valence electrons. The number of ketones is 1. The van der Waals surface area contributed by atoms with Crippen LogP contribution in [0.5, 0.6) is 5.75 Å². The van der Waals surface area contributed by atoms with Gasteiger partial charge in [0.2, 0.25) is 0 Å². The molecule has 0 aliphatic heterocycles. The first-order valence-electron chi connectivity index (χ1n) is 22.3. The standard InChI is InChI=1S/C21H21OP.C20H23OP.C17H7F3O4S.Eu/c1-16-10-4-7-13-19(16)23(22,20-14-8-5-11-17(20)2)21-15-9-6-12-18(21)3;1-6-18(15(2)3)22(21,19-13-9-7-11-16(19)4)20-14-10-8-12-17(20)5;18-17(19,20)15(22)11-12(21)9-6-5-8-7-3-1-2-4-10(7)25-14(8)13(9)24-16(11)23;/h4-15H,1-3H3;6-14H,1H2,2-5H3;1-6,21H;. The molecular weight excluding hydrogens is 1100 g/mol. The number of thiophene rings is 1. The number of allylic oxidation sites excluding steroid dienone is 3. The van der Waals surface area contributed by atoms with Crippen molar-refractivity contribution in [1.82, 2.24) is 0 Å². The second kappa shape index (κ2) is 22.7. The topological polar surface area (TPSA) is 102 Å². The van der Waals surface area contributed by atoms with Crippen LogP contribution in [0.1, 0.15) is 52.0 Å². The number of carbonyl (C=O) groups is 1. The van der Waals surface area contributed by atoms with Crippen LogP contribution in [0.2, 0.25) is 0 Å². The zero-order valence-corrected chi connectivity index (χ0v) is 45.1. The third kappa shape index (κ3) is 10.8. The van der Waals surface area contributed by atoms with E-state index < -0.39 is 43.2 Å². The Labute approximate surface area is 456 Å². The summed E-state index contributed by atoms with van der Waals surface area (Å²) < 4.78 is 73.1. The fraction of sp³-hybridized carbons (Fsp3) is 0.138. The molecule has 0 aliphatic rings. The summed E-state index contributed by atoms with van der Waals surface area (Å²) in [6, 6.07) is 50.3. The van der Waals surface area contributed by atoms with Gasteiger partial charge in [0.15, 0.2) is 25.4 Å². The van der Waals surface area contributed by atoms with Crippen molar-refractivity contribution in [1.29, 1.82) is 0 Å². The van der Waals surface area contributed by atoms with E-state index in [-0.39, 0.29) is 60.3 Å². The van der Waals surface area contributed by atoms with Crippen molar-refractivity contribution >= 4 is 89.1 Å². The maximum Gasteiger partial charge on any atom is 0.455 e. The van der Waals surface area contributed by atoms with Crippen LogP contribution in [-0.2, 0) is 9.13 Å². The summed E-state index contributed by atoms with van der Waals surface area (Å²) in [6.07, 6.45) is -3.53. The minimum atomic E-state index is -5.29. The Morgan fingerprint density at radius 1 is 0.592 bits per heavy atom. The van der Waals surface area contributed by atoms with E-state index in [0.717, 1.165) is 80.7 Å². The molecule has 9 aromatic rings. The van der Waals surface area contributed by atoms with Gasteiger partial charge < -0.3 is 18.7 Å². The number of rotatable bonds is 8. The van der Waals surface area contributed by atoms with Crippen LogP contribution in [0.25, 0.3) is 31.1 Å². The Morgan fingerprint density at radius 3 is 1.37 bits per heavy atom. The molecular formula is C58H51EuF3O6P2S. The molecule has 9 rings (SSSR count). The first-order chi connectivity index (χ1) is 33.3. The number of Topliss-reactive ketones (excluding diaryl/α,β-unsaturated/α-hetero) is 1. The average Bonchev–Trinajstić information content (AvgIpc) is 3.72. The molecule has 0 bridgehead atoms.